The second kappa shape index (κ2) is 9.96. The monoisotopic (exact) mass is 309 g/mol. The SMILES string of the molecule is CCCCCc1ccc(CN[C@H](C=O)Cc2ccccc2)cc1. The van der Waals surface area contributed by atoms with Crippen LogP contribution in [0.15, 0.2) is 54.6 Å². The third kappa shape index (κ3) is 6.37. The van der Waals surface area contributed by atoms with E-state index in [4.69, 9.17) is 0 Å². The van der Waals surface area contributed by atoms with Crippen molar-refractivity contribution in [1.29, 1.82) is 0 Å². The van der Waals surface area contributed by atoms with Crippen molar-refractivity contribution < 1.29 is 4.79 Å². The Hall–Kier alpha value is -1.93. The predicted octanol–water partition coefficient (Wildman–Crippen LogP) is 4.32. The Labute approximate surface area is 139 Å². The normalized spacial score (nSPS) is 12.0. The number of hydrogen-bond acceptors (Lipinski definition) is 2. The van der Waals surface area contributed by atoms with Gasteiger partial charge in [-0.3, -0.25) is 0 Å². The largest absolute Gasteiger partial charge is 0.303 e. The number of benzene rings is 2. The summed E-state index contributed by atoms with van der Waals surface area (Å²) in [4.78, 5) is 11.3. The Bertz CT molecular complexity index is 562. The summed E-state index contributed by atoms with van der Waals surface area (Å²) in [7, 11) is 0. The minimum Gasteiger partial charge on any atom is -0.303 e. The zero-order chi connectivity index (χ0) is 16.3. The molecule has 1 N–H and O–H groups in total. The number of aldehydes is 1. The first kappa shape index (κ1) is 17.4. The summed E-state index contributed by atoms with van der Waals surface area (Å²) in [5.41, 5.74) is 3.81. The molecule has 0 fully saturated rings. The van der Waals surface area contributed by atoms with Gasteiger partial charge in [-0.15, -0.1) is 0 Å². The van der Waals surface area contributed by atoms with Crippen molar-refractivity contribution in [3.8, 4) is 0 Å². The molecule has 0 radical (unpaired) electrons. The maximum atomic E-state index is 11.3. The van der Waals surface area contributed by atoms with E-state index in [1.807, 2.05) is 18.2 Å². The molecule has 0 aliphatic heterocycles. The fourth-order valence-electron chi connectivity index (χ4n) is 2.69. The van der Waals surface area contributed by atoms with Crippen LogP contribution < -0.4 is 5.32 Å². The first-order chi connectivity index (χ1) is 11.3. The van der Waals surface area contributed by atoms with Crippen molar-refractivity contribution in [2.24, 2.45) is 0 Å². The highest BCUT2D eigenvalue weighted by Gasteiger charge is 2.07. The van der Waals surface area contributed by atoms with Crippen LogP contribution in [-0.4, -0.2) is 12.3 Å². The van der Waals surface area contributed by atoms with Crippen molar-refractivity contribution >= 4 is 6.29 Å². The smallest absolute Gasteiger partial charge is 0.137 e. The Kier molecular flexibility index (Phi) is 7.55. The molecule has 0 saturated carbocycles. The summed E-state index contributed by atoms with van der Waals surface area (Å²) in [6.45, 7) is 2.96. The third-order valence-corrected chi connectivity index (χ3v) is 4.12. The molecule has 0 spiro atoms. The van der Waals surface area contributed by atoms with Crippen molar-refractivity contribution in [3.05, 3.63) is 71.3 Å². The molecule has 23 heavy (non-hydrogen) atoms. The van der Waals surface area contributed by atoms with Crippen molar-refractivity contribution in [2.75, 3.05) is 0 Å². The van der Waals surface area contributed by atoms with Gasteiger partial charge in [0.25, 0.3) is 0 Å². The van der Waals surface area contributed by atoms with Crippen molar-refractivity contribution in [3.63, 3.8) is 0 Å². The average Bonchev–Trinajstić information content (AvgIpc) is 2.61. The Morgan fingerprint density at radius 1 is 0.913 bits per heavy atom. The lowest BCUT2D eigenvalue weighted by Gasteiger charge is -2.13. The van der Waals surface area contributed by atoms with Crippen LogP contribution in [-0.2, 0) is 24.2 Å². The van der Waals surface area contributed by atoms with Crippen molar-refractivity contribution in [2.45, 2.75) is 51.6 Å². The second-order valence-electron chi connectivity index (χ2n) is 6.09. The Balaban J connectivity index is 1.80. The molecule has 1 atom stereocenters. The molecular formula is C21H27NO. The van der Waals surface area contributed by atoms with Gasteiger partial charge in [0, 0.05) is 6.54 Å². The van der Waals surface area contributed by atoms with Crippen LogP contribution >= 0.6 is 0 Å². The van der Waals surface area contributed by atoms with E-state index in [2.05, 4.69) is 48.6 Å². The highest BCUT2D eigenvalue weighted by molar-refractivity contribution is 5.58. The molecule has 0 aromatic heterocycles. The lowest BCUT2D eigenvalue weighted by atomic mass is 10.0. The van der Waals surface area contributed by atoms with Gasteiger partial charge in [-0.25, -0.2) is 0 Å². The molecule has 0 unspecified atom stereocenters. The quantitative estimate of drug-likeness (QED) is 0.523. The number of unbranched alkanes of at least 4 members (excludes halogenated alkanes) is 2. The summed E-state index contributed by atoms with van der Waals surface area (Å²) in [5, 5.41) is 3.34. The molecule has 2 aromatic carbocycles. The summed E-state index contributed by atoms with van der Waals surface area (Å²) in [6, 6.07) is 18.7. The van der Waals surface area contributed by atoms with Gasteiger partial charge in [-0.05, 0) is 36.0 Å². The first-order valence-electron chi connectivity index (χ1n) is 8.62. The van der Waals surface area contributed by atoms with Crippen LogP contribution in [0.5, 0.6) is 0 Å². The highest BCUT2D eigenvalue weighted by Crippen LogP contribution is 2.09. The van der Waals surface area contributed by atoms with E-state index >= 15 is 0 Å². The van der Waals surface area contributed by atoms with Crippen LogP contribution in [0.25, 0.3) is 0 Å². The maximum Gasteiger partial charge on any atom is 0.137 e. The van der Waals surface area contributed by atoms with E-state index in [1.165, 1.54) is 36.0 Å². The van der Waals surface area contributed by atoms with E-state index in [0.717, 1.165) is 25.7 Å². The van der Waals surface area contributed by atoms with Gasteiger partial charge >= 0.3 is 0 Å². The highest BCUT2D eigenvalue weighted by atomic mass is 16.1. The molecule has 0 aliphatic rings. The van der Waals surface area contributed by atoms with Crippen LogP contribution in [0.1, 0.15) is 42.9 Å². The van der Waals surface area contributed by atoms with Crippen LogP contribution in [0.3, 0.4) is 0 Å². The molecule has 2 rings (SSSR count). The van der Waals surface area contributed by atoms with E-state index in [9.17, 15) is 4.79 Å². The topological polar surface area (TPSA) is 29.1 Å². The molecule has 0 saturated heterocycles. The number of carbonyl (C=O) groups excluding carboxylic acids is 1. The molecule has 0 aliphatic carbocycles. The van der Waals surface area contributed by atoms with E-state index < -0.39 is 0 Å². The van der Waals surface area contributed by atoms with E-state index in [0.29, 0.717) is 0 Å². The van der Waals surface area contributed by atoms with Crippen molar-refractivity contribution in [1.82, 2.24) is 5.32 Å². The zero-order valence-electron chi connectivity index (χ0n) is 14.0. The molecular weight excluding hydrogens is 282 g/mol. The number of carbonyl (C=O) groups is 1. The third-order valence-electron chi connectivity index (χ3n) is 4.12. The molecule has 2 heteroatoms. The molecule has 2 aromatic rings. The van der Waals surface area contributed by atoms with Gasteiger partial charge in [0.15, 0.2) is 0 Å². The molecule has 122 valence electrons. The molecule has 0 bridgehead atoms. The number of rotatable bonds is 10. The number of aryl methyl sites for hydroxylation is 1. The summed E-state index contributed by atoms with van der Waals surface area (Å²) < 4.78 is 0. The van der Waals surface area contributed by atoms with Crippen LogP contribution in [0.2, 0.25) is 0 Å². The minimum absolute atomic E-state index is 0.137. The molecule has 2 nitrogen and oxygen atoms in total. The van der Waals surface area contributed by atoms with Gasteiger partial charge in [0.2, 0.25) is 0 Å². The average molecular weight is 309 g/mol. The number of nitrogens with one attached hydrogen (secondary N) is 1. The van der Waals surface area contributed by atoms with Gasteiger partial charge in [0.1, 0.15) is 6.29 Å². The van der Waals surface area contributed by atoms with E-state index in [-0.39, 0.29) is 6.04 Å². The van der Waals surface area contributed by atoms with Crippen LogP contribution in [0, 0.1) is 0 Å². The van der Waals surface area contributed by atoms with E-state index in [1.54, 1.807) is 0 Å². The molecule has 0 amide bonds. The first-order valence-corrected chi connectivity index (χ1v) is 8.62. The summed E-state index contributed by atoms with van der Waals surface area (Å²) >= 11 is 0. The Morgan fingerprint density at radius 2 is 1.61 bits per heavy atom. The summed E-state index contributed by atoms with van der Waals surface area (Å²) in [6.07, 6.45) is 6.72. The Morgan fingerprint density at radius 3 is 2.26 bits per heavy atom. The maximum absolute atomic E-state index is 11.3. The fourth-order valence-corrected chi connectivity index (χ4v) is 2.69. The minimum atomic E-state index is -0.137. The van der Waals surface area contributed by atoms with Crippen LogP contribution in [0.4, 0.5) is 0 Å². The summed E-state index contributed by atoms with van der Waals surface area (Å²) in [5.74, 6) is 0. The second-order valence-corrected chi connectivity index (χ2v) is 6.09. The fraction of sp³-hybridized carbons (Fsp3) is 0.381. The standard InChI is InChI=1S/C21H27NO/c1-2-3-5-8-18-11-13-20(14-12-18)16-22-21(17-23)15-19-9-6-4-7-10-19/h4,6-7,9-14,17,21-22H,2-3,5,8,15-16H2,1H3/t21-/m0/s1. The zero-order valence-corrected chi connectivity index (χ0v) is 14.0. The number of hydrogen-bond donors (Lipinski definition) is 1. The molecule has 0 heterocycles. The van der Waals surface area contributed by atoms with Gasteiger partial charge in [-0.1, -0.05) is 74.4 Å². The van der Waals surface area contributed by atoms with Gasteiger partial charge in [-0.2, -0.15) is 0 Å². The lowest BCUT2D eigenvalue weighted by molar-refractivity contribution is -0.109. The lowest BCUT2D eigenvalue weighted by Crippen LogP contribution is -2.32. The van der Waals surface area contributed by atoms with Gasteiger partial charge < -0.3 is 10.1 Å². The predicted molar refractivity (Wildman–Crippen MR) is 96.5 cm³/mol. The van der Waals surface area contributed by atoms with Gasteiger partial charge in [0.05, 0.1) is 6.04 Å².